The summed E-state index contributed by atoms with van der Waals surface area (Å²) in [7, 11) is -3.67. The number of hydrogen-bond donors (Lipinski definition) is 1. The number of carbonyl (C=O) groups is 1. The van der Waals surface area contributed by atoms with Crippen molar-refractivity contribution in [3.8, 4) is 0 Å². The van der Waals surface area contributed by atoms with Crippen molar-refractivity contribution in [1.29, 1.82) is 0 Å². The average Bonchev–Trinajstić information content (AvgIpc) is 2.39. The van der Waals surface area contributed by atoms with Gasteiger partial charge in [0, 0.05) is 6.04 Å². The van der Waals surface area contributed by atoms with Crippen LogP contribution in [0, 0.1) is 5.82 Å². The van der Waals surface area contributed by atoms with E-state index in [1.807, 2.05) is 13.8 Å². The molecule has 21 heavy (non-hydrogen) atoms. The summed E-state index contributed by atoms with van der Waals surface area (Å²) in [6, 6.07) is 4.03. The fourth-order valence-electron chi connectivity index (χ4n) is 1.86. The topological polar surface area (TPSA) is 66.5 Å². The van der Waals surface area contributed by atoms with Crippen molar-refractivity contribution in [3.63, 3.8) is 0 Å². The lowest BCUT2D eigenvalue weighted by Crippen LogP contribution is -2.49. The highest BCUT2D eigenvalue weighted by atomic mass is 32.2. The highest BCUT2D eigenvalue weighted by Gasteiger charge is 2.29. The Morgan fingerprint density at radius 1 is 1.29 bits per heavy atom. The number of hydrogen-bond acceptors (Lipinski definition) is 3. The van der Waals surface area contributed by atoms with Gasteiger partial charge in [-0.05, 0) is 44.5 Å². The molecule has 1 amide bonds. The molecule has 0 aromatic heterocycles. The first-order chi connectivity index (χ1) is 9.66. The van der Waals surface area contributed by atoms with Gasteiger partial charge in [0.2, 0.25) is 15.9 Å². The molecule has 1 N–H and O–H groups in total. The molecule has 0 aliphatic rings. The summed E-state index contributed by atoms with van der Waals surface area (Å²) in [5.41, 5.74) is 0.255. The van der Waals surface area contributed by atoms with E-state index in [0.717, 1.165) is 29.1 Å². The van der Waals surface area contributed by atoms with E-state index in [1.54, 1.807) is 0 Å². The maximum atomic E-state index is 13.0. The molecule has 1 aromatic carbocycles. The van der Waals surface area contributed by atoms with Gasteiger partial charge in [-0.25, -0.2) is 12.8 Å². The molecule has 0 aliphatic heterocycles. The Morgan fingerprint density at radius 2 is 1.81 bits per heavy atom. The number of rotatable bonds is 6. The highest BCUT2D eigenvalue weighted by molar-refractivity contribution is 7.92. The normalized spacial score (nSPS) is 14.3. The van der Waals surface area contributed by atoms with Crippen LogP contribution in [0.15, 0.2) is 24.3 Å². The van der Waals surface area contributed by atoms with Gasteiger partial charge in [0.1, 0.15) is 11.9 Å². The summed E-state index contributed by atoms with van der Waals surface area (Å²) in [6.07, 6.45) is 1.76. The maximum Gasteiger partial charge on any atom is 0.243 e. The van der Waals surface area contributed by atoms with Crippen molar-refractivity contribution in [2.75, 3.05) is 10.6 Å². The molecule has 0 aliphatic carbocycles. The van der Waals surface area contributed by atoms with Gasteiger partial charge in [0.05, 0.1) is 11.9 Å². The van der Waals surface area contributed by atoms with Crippen LogP contribution in [0.25, 0.3) is 0 Å². The largest absolute Gasteiger partial charge is 0.352 e. The minimum Gasteiger partial charge on any atom is -0.352 e. The van der Waals surface area contributed by atoms with E-state index in [2.05, 4.69) is 5.32 Å². The molecule has 0 heterocycles. The van der Waals surface area contributed by atoms with E-state index in [4.69, 9.17) is 0 Å². The molecular formula is C14H21FN2O3S. The fraction of sp³-hybridized carbons (Fsp3) is 0.500. The van der Waals surface area contributed by atoms with Crippen molar-refractivity contribution >= 4 is 21.6 Å². The molecule has 0 radical (unpaired) electrons. The van der Waals surface area contributed by atoms with Gasteiger partial charge in [-0.1, -0.05) is 6.92 Å². The van der Waals surface area contributed by atoms with Crippen LogP contribution in [0.5, 0.6) is 0 Å². The lowest BCUT2D eigenvalue weighted by Gasteiger charge is -2.29. The third-order valence-electron chi connectivity index (χ3n) is 3.17. The number of nitrogens with one attached hydrogen (secondary N) is 1. The third kappa shape index (κ3) is 4.70. The van der Waals surface area contributed by atoms with Crippen LogP contribution in [0.2, 0.25) is 0 Å². The Bertz CT molecular complexity index is 587. The summed E-state index contributed by atoms with van der Waals surface area (Å²) in [4.78, 5) is 12.1. The van der Waals surface area contributed by atoms with Crippen molar-refractivity contribution in [2.45, 2.75) is 39.3 Å². The monoisotopic (exact) mass is 316 g/mol. The first-order valence-electron chi connectivity index (χ1n) is 6.72. The van der Waals surface area contributed by atoms with Crippen molar-refractivity contribution in [1.82, 2.24) is 5.32 Å². The summed E-state index contributed by atoms with van der Waals surface area (Å²) in [6.45, 7) is 5.26. The SMILES string of the molecule is CCC(C)NC(=O)C(C)N(c1ccc(F)cc1)S(C)(=O)=O. The molecule has 0 spiro atoms. The van der Waals surface area contributed by atoms with E-state index in [-0.39, 0.29) is 17.6 Å². The Morgan fingerprint density at radius 3 is 2.24 bits per heavy atom. The second kappa shape index (κ2) is 6.89. The summed E-state index contributed by atoms with van der Waals surface area (Å²) in [5, 5.41) is 2.74. The Balaban J connectivity index is 3.09. The van der Waals surface area contributed by atoms with E-state index in [1.165, 1.54) is 19.1 Å². The van der Waals surface area contributed by atoms with Gasteiger partial charge in [-0.2, -0.15) is 0 Å². The summed E-state index contributed by atoms with van der Waals surface area (Å²) >= 11 is 0. The van der Waals surface area contributed by atoms with Crippen LogP contribution >= 0.6 is 0 Å². The Hall–Kier alpha value is -1.63. The molecule has 1 rings (SSSR count). The van der Waals surface area contributed by atoms with Crippen LogP contribution < -0.4 is 9.62 Å². The zero-order chi connectivity index (χ0) is 16.2. The molecule has 118 valence electrons. The van der Waals surface area contributed by atoms with Crippen molar-refractivity contribution < 1.29 is 17.6 Å². The second-order valence-electron chi connectivity index (χ2n) is 5.03. The standard InChI is InChI=1S/C14H21FN2O3S/c1-5-10(2)16-14(18)11(3)17(21(4,19)20)13-8-6-12(15)7-9-13/h6-11H,5H2,1-4H3,(H,16,18). The molecule has 2 unspecified atom stereocenters. The number of anilines is 1. The van der Waals surface area contributed by atoms with E-state index in [9.17, 15) is 17.6 Å². The van der Waals surface area contributed by atoms with E-state index >= 15 is 0 Å². The number of sulfonamides is 1. The van der Waals surface area contributed by atoms with Crippen LogP contribution in [0.1, 0.15) is 27.2 Å². The van der Waals surface area contributed by atoms with Crippen LogP contribution in [-0.2, 0) is 14.8 Å². The molecule has 5 nitrogen and oxygen atoms in total. The summed E-state index contributed by atoms with van der Waals surface area (Å²) < 4.78 is 37.9. The van der Waals surface area contributed by atoms with Gasteiger partial charge in [0.15, 0.2) is 0 Å². The van der Waals surface area contributed by atoms with E-state index in [0.29, 0.717) is 0 Å². The van der Waals surface area contributed by atoms with Crippen molar-refractivity contribution in [2.24, 2.45) is 0 Å². The second-order valence-corrected chi connectivity index (χ2v) is 6.89. The minimum atomic E-state index is -3.67. The predicted molar refractivity (Wildman–Crippen MR) is 81.1 cm³/mol. The number of carbonyl (C=O) groups excluding carboxylic acids is 1. The van der Waals surface area contributed by atoms with Crippen molar-refractivity contribution in [3.05, 3.63) is 30.1 Å². The first kappa shape index (κ1) is 17.4. The molecule has 0 saturated carbocycles. The lowest BCUT2D eigenvalue weighted by molar-refractivity contribution is -0.122. The quantitative estimate of drug-likeness (QED) is 0.871. The van der Waals surface area contributed by atoms with Gasteiger partial charge < -0.3 is 5.32 Å². The molecule has 0 saturated heterocycles. The molecule has 0 bridgehead atoms. The molecule has 0 fully saturated rings. The van der Waals surface area contributed by atoms with E-state index < -0.39 is 21.9 Å². The van der Waals surface area contributed by atoms with Crippen LogP contribution in [-0.4, -0.2) is 32.7 Å². The van der Waals surface area contributed by atoms with Gasteiger partial charge >= 0.3 is 0 Å². The number of halogens is 1. The average molecular weight is 316 g/mol. The zero-order valence-corrected chi connectivity index (χ0v) is 13.4. The Kier molecular flexibility index (Phi) is 5.71. The molecule has 7 heteroatoms. The fourth-order valence-corrected chi connectivity index (χ4v) is 3.04. The molecular weight excluding hydrogens is 295 g/mol. The smallest absolute Gasteiger partial charge is 0.243 e. The molecule has 1 aromatic rings. The number of nitrogens with zero attached hydrogens (tertiary/aromatic N) is 1. The third-order valence-corrected chi connectivity index (χ3v) is 4.41. The highest BCUT2D eigenvalue weighted by Crippen LogP contribution is 2.21. The number of benzene rings is 1. The molecule has 2 atom stereocenters. The minimum absolute atomic E-state index is 0.0467. The predicted octanol–water partition coefficient (Wildman–Crippen LogP) is 1.89. The maximum absolute atomic E-state index is 13.0. The Labute approximate surface area is 125 Å². The van der Waals surface area contributed by atoms with Gasteiger partial charge in [0.25, 0.3) is 0 Å². The first-order valence-corrected chi connectivity index (χ1v) is 8.57. The summed E-state index contributed by atoms with van der Waals surface area (Å²) in [5.74, 6) is -0.858. The van der Waals surface area contributed by atoms with Gasteiger partial charge in [-0.15, -0.1) is 0 Å². The van der Waals surface area contributed by atoms with Crippen LogP contribution in [0.3, 0.4) is 0 Å². The van der Waals surface area contributed by atoms with Gasteiger partial charge in [-0.3, -0.25) is 9.10 Å². The lowest BCUT2D eigenvalue weighted by atomic mass is 10.2. The van der Waals surface area contributed by atoms with Crippen LogP contribution in [0.4, 0.5) is 10.1 Å². The zero-order valence-electron chi connectivity index (χ0n) is 12.6. The number of amides is 1.